The number of methoxy groups -OCH3 is 1. The van der Waals surface area contributed by atoms with Crippen LogP contribution in [0.1, 0.15) is 27.2 Å². The number of nitrogens with one attached hydrogen (secondary N) is 1. The normalized spacial score (nSPS) is 28.3. The standard InChI is InChI=1S/C12H26N2O2/c1-12(2,3)16-9-13-10-6-7-14(4)8-11(10)15-5/h10-11,13H,6-9H2,1-5H3. The van der Waals surface area contributed by atoms with E-state index in [2.05, 4.69) is 38.0 Å². The quantitative estimate of drug-likeness (QED) is 0.733. The van der Waals surface area contributed by atoms with Crippen molar-refractivity contribution in [3.8, 4) is 0 Å². The van der Waals surface area contributed by atoms with Crippen LogP contribution in [-0.4, -0.2) is 56.6 Å². The van der Waals surface area contributed by atoms with Crippen LogP contribution in [0.15, 0.2) is 0 Å². The van der Waals surface area contributed by atoms with Crippen LogP contribution in [-0.2, 0) is 9.47 Å². The predicted octanol–water partition coefficient (Wildman–Crippen LogP) is 1.07. The summed E-state index contributed by atoms with van der Waals surface area (Å²) in [5, 5.41) is 3.43. The second-order valence-electron chi connectivity index (χ2n) is 5.54. The zero-order chi connectivity index (χ0) is 12.2. The maximum absolute atomic E-state index is 5.67. The molecule has 1 fully saturated rings. The lowest BCUT2D eigenvalue weighted by Crippen LogP contribution is -2.53. The topological polar surface area (TPSA) is 33.7 Å². The summed E-state index contributed by atoms with van der Waals surface area (Å²) in [4.78, 5) is 2.30. The van der Waals surface area contributed by atoms with Gasteiger partial charge in [0.15, 0.2) is 0 Å². The molecule has 1 N–H and O–H groups in total. The third kappa shape index (κ3) is 4.78. The number of likely N-dealkylation sites (N-methyl/N-ethyl adjacent to an activating group) is 1. The Kier molecular flexibility index (Phi) is 5.18. The molecule has 4 heteroatoms. The molecule has 0 aliphatic carbocycles. The highest BCUT2D eigenvalue weighted by Crippen LogP contribution is 2.13. The maximum atomic E-state index is 5.67. The van der Waals surface area contributed by atoms with Gasteiger partial charge in [-0.3, -0.25) is 5.32 Å². The molecule has 0 aromatic rings. The zero-order valence-corrected chi connectivity index (χ0v) is 11.2. The van der Waals surface area contributed by atoms with E-state index >= 15 is 0 Å². The van der Waals surface area contributed by atoms with Crippen LogP contribution < -0.4 is 5.32 Å². The van der Waals surface area contributed by atoms with Crippen LogP contribution in [0, 0.1) is 0 Å². The van der Waals surface area contributed by atoms with Crippen molar-refractivity contribution in [1.82, 2.24) is 10.2 Å². The van der Waals surface area contributed by atoms with Crippen molar-refractivity contribution in [2.45, 2.75) is 44.9 Å². The minimum atomic E-state index is -0.0823. The smallest absolute Gasteiger partial charge is 0.0975 e. The number of piperidine rings is 1. The van der Waals surface area contributed by atoms with E-state index in [1.54, 1.807) is 7.11 Å². The number of rotatable bonds is 4. The SMILES string of the molecule is COC1CN(C)CCC1NCOC(C)(C)C. The lowest BCUT2D eigenvalue weighted by atomic mass is 10.0. The van der Waals surface area contributed by atoms with Gasteiger partial charge in [-0.2, -0.15) is 0 Å². The number of hydrogen-bond donors (Lipinski definition) is 1. The molecule has 0 radical (unpaired) electrons. The van der Waals surface area contributed by atoms with Crippen molar-refractivity contribution < 1.29 is 9.47 Å². The Hall–Kier alpha value is -0.160. The van der Waals surface area contributed by atoms with Crippen LogP contribution in [0.2, 0.25) is 0 Å². The Morgan fingerprint density at radius 1 is 1.38 bits per heavy atom. The Bertz CT molecular complexity index is 204. The highest BCUT2D eigenvalue weighted by atomic mass is 16.5. The third-order valence-electron chi connectivity index (χ3n) is 2.92. The van der Waals surface area contributed by atoms with Crippen LogP contribution in [0.3, 0.4) is 0 Å². The second-order valence-corrected chi connectivity index (χ2v) is 5.54. The van der Waals surface area contributed by atoms with Crippen molar-refractivity contribution in [3.63, 3.8) is 0 Å². The molecule has 4 nitrogen and oxygen atoms in total. The van der Waals surface area contributed by atoms with Crippen molar-refractivity contribution >= 4 is 0 Å². The Morgan fingerprint density at radius 2 is 2.06 bits per heavy atom. The van der Waals surface area contributed by atoms with E-state index in [1.807, 2.05) is 0 Å². The Morgan fingerprint density at radius 3 is 2.62 bits per heavy atom. The largest absolute Gasteiger partial charge is 0.378 e. The summed E-state index contributed by atoms with van der Waals surface area (Å²) in [6.45, 7) is 8.90. The van der Waals surface area contributed by atoms with Crippen molar-refractivity contribution in [1.29, 1.82) is 0 Å². The summed E-state index contributed by atoms with van der Waals surface area (Å²) in [5.41, 5.74) is -0.0823. The van der Waals surface area contributed by atoms with Crippen LogP contribution in [0.25, 0.3) is 0 Å². The summed E-state index contributed by atoms with van der Waals surface area (Å²) in [5.74, 6) is 0. The van der Waals surface area contributed by atoms with Crippen LogP contribution >= 0.6 is 0 Å². The number of nitrogens with zero attached hydrogens (tertiary/aromatic N) is 1. The molecule has 1 aliphatic rings. The zero-order valence-electron chi connectivity index (χ0n) is 11.2. The van der Waals surface area contributed by atoms with Gasteiger partial charge in [0.1, 0.15) is 0 Å². The van der Waals surface area contributed by atoms with Crippen molar-refractivity contribution in [2.24, 2.45) is 0 Å². The molecular weight excluding hydrogens is 204 g/mol. The fourth-order valence-corrected chi connectivity index (χ4v) is 1.91. The molecule has 0 amide bonds. The molecule has 0 saturated carbocycles. The average Bonchev–Trinajstić information content (AvgIpc) is 2.18. The highest BCUT2D eigenvalue weighted by Gasteiger charge is 2.27. The molecule has 1 rings (SSSR count). The van der Waals surface area contributed by atoms with E-state index in [1.165, 1.54) is 0 Å². The summed E-state index contributed by atoms with van der Waals surface area (Å²) in [6, 6.07) is 0.406. The van der Waals surface area contributed by atoms with E-state index in [4.69, 9.17) is 9.47 Å². The Labute approximate surface area is 99.3 Å². The fourth-order valence-electron chi connectivity index (χ4n) is 1.91. The first-order valence-corrected chi connectivity index (χ1v) is 6.01. The van der Waals surface area contributed by atoms with Gasteiger partial charge in [-0.25, -0.2) is 0 Å². The summed E-state index contributed by atoms with van der Waals surface area (Å²) < 4.78 is 11.2. The monoisotopic (exact) mass is 230 g/mol. The van der Waals surface area contributed by atoms with Gasteiger partial charge >= 0.3 is 0 Å². The maximum Gasteiger partial charge on any atom is 0.0975 e. The van der Waals surface area contributed by atoms with E-state index in [0.29, 0.717) is 12.8 Å². The minimum absolute atomic E-state index is 0.0823. The summed E-state index contributed by atoms with van der Waals surface area (Å²) in [6.07, 6.45) is 1.38. The molecule has 0 aromatic heterocycles. The van der Waals surface area contributed by atoms with Gasteiger partial charge in [0.2, 0.25) is 0 Å². The molecule has 1 saturated heterocycles. The van der Waals surface area contributed by atoms with Gasteiger partial charge in [0.25, 0.3) is 0 Å². The van der Waals surface area contributed by atoms with Crippen LogP contribution in [0.4, 0.5) is 0 Å². The number of ether oxygens (including phenoxy) is 2. The average molecular weight is 230 g/mol. The molecule has 1 heterocycles. The van der Waals surface area contributed by atoms with Crippen LogP contribution in [0.5, 0.6) is 0 Å². The Balaban J connectivity index is 2.29. The molecule has 0 aromatic carbocycles. The molecular formula is C12H26N2O2. The molecule has 1 aliphatic heterocycles. The molecule has 0 bridgehead atoms. The first-order chi connectivity index (χ1) is 7.42. The first-order valence-electron chi connectivity index (χ1n) is 6.01. The third-order valence-corrected chi connectivity index (χ3v) is 2.92. The van der Waals surface area contributed by atoms with Gasteiger partial charge in [-0.15, -0.1) is 0 Å². The van der Waals surface area contributed by atoms with E-state index in [9.17, 15) is 0 Å². The first kappa shape index (κ1) is 13.9. The van der Waals surface area contributed by atoms with Gasteiger partial charge in [0.05, 0.1) is 18.4 Å². The molecule has 96 valence electrons. The van der Waals surface area contributed by atoms with Gasteiger partial charge in [0, 0.05) is 19.7 Å². The lowest BCUT2D eigenvalue weighted by Gasteiger charge is -2.36. The van der Waals surface area contributed by atoms with Crippen molar-refractivity contribution in [2.75, 3.05) is 34.0 Å². The molecule has 0 spiro atoms. The minimum Gasteiger partial charge on any atom is -0.378 e. The van der Waals surface area contributed by atoms with E-state index in [0.717, 1.165) is 19.5 Å². The molecule has 2 unspecified atom stereocenters. The molecule has 16 heavy (non-hydrogen) atoms. The fraction of sp³-hybridized carbons (Fsp3) is 1.00. The van der Waals surface area contributed by atoms with E-state index < -0.39 is 0 Å². The van der Waals surface area contributed by atoms with Gasteiger partial charge < -0.3 is 14.4 Å². The van der Waals surface area contributed by atoms with Gasteiger partial charge in [-0.1, -0.05) is 0 Å². The number of likely N-dealkylation sites (tertiary alicyclic amines) is 1. The highest BCUT2D eigenvalue weighted by molar-refractivity contribution is 4.84. The lowest BCUT2D eigenvalue weighted by molar-refractivity contribution is -0.0408. The summed E-state index contributed by atoms with van der Waals surface area (Å²) in [7, 11) is 3.91. The van der Waals surface area contributed by atoms with Gasteiger partial charge in [-0.05, 0) is 40.8 Å². The van der Waals surface area contributed by atoms with E-state index in [-0.39, 0.29) is 11.7 Å². The molecule has 2 atom stereocenters. The second kappa shape index (κ2) is 5.96. The number of hydrogen-bond acceptors (Lipinski definition) is 4. The predicted molar refractivity (Wildman–Crippen MR) is 65.5 cm³/mol. The van der Waals surface area contributed by atoms with Crippen molar-refractivity contribution in [3.05, 3.63) is 0 Å². The summed E-state index contributed by atoms with van der Waals surface area (Å²) >= 11 is 0.